The molecule has 5 rings (SSSR count). The van der Waals surface area contributed by atoms with Crippen molar-refractivity contribution >= 4 is 40.2 Å². The van der Waals surface area contributed by atoms with Crippen molar-refractivity contribution in [2.75, 3.05) is 44.6 Å². The van der Waals surface area contributed by atoms with Gasteiger partial charge in [0.2, 0.25) is 0 Å². The van der Waals surface area contributed by atoms with Crippen LogP contribution < -0.4 is 15.4 Å². The molecule has 1 aromatic heterocycles. The molecule has 2 saturated heterocycles. The van der Waals surface area contributed by atoms with Crippen LogP contribution in [0.15, 0.2) is 36.7 Å². The largest absolute Gasteiger partial charge is 0.465 e. The Balaban J connectivity index is 1.10. The summed E-state index contributed by atoms with van der Waals surface area (Å²) in [4.78, 5) is 60.1. The van der Waals surface area contributed by atoms with Gasteiger partial charge in [-0.05, 0) is 36.8 Å². The normalized spacial score (nSPS) is 19.0. The molecule has 4 N–H and O–H groups in total. The number of anilines is 1. The summed E-state index contributed by atoms with van der Waals surface area (Å²) in [6.07, 6.45) is 2.86. The number of nitrogens with one attached hydrogen (secondary N) is 3. The third kappa shape index (κ3) is 7.11. The molecule has 0 radical (unpaired) electrons. The highest BCUT2D eigenvalue weighted by molar-refractivity contribution is 7.87. The molecule has 230 valence electrons. The summed E-state index contributed by atoms with van der Waals surface area (Å²) < 4.78 is 33.2. The first-order chi connectivity index (χ1) is 20.6. The first kappa shape index (κ1) is 30.0. The number of rotatable bonds is 7. The minimum atomic E-state index is -4.27. The van der Waals surface area contributed by atoms with E-state index in [9.17, 15) is 32.7 Å². The molecule has 2 aliphatic heterocycles. The second kappa shape index (κ2) is 12.8. The van der Waals surface area contributed by atoms with Crippen LogP contribution in [-0.2, 0) is 27.8 Å². The van der Waals surface area contributed by atoms with Crippen LogP contribution >= 0.6 is 0 Å². The van der Waals surface area contributed by atoms with E-state index in [1.807, 2.05) is 29.0 Å². The Labute approximate surface area is 247 Å². The number of ether oxygens (including phenoxy) is 1. The third-order valence-electron chi connectivity index (χ3n) is 7.63. The van der Waals surface area contributed by atoms with Gasteiger partial charge in [0.1, 0.15) is 6.61 Å². The van der Waals surface area contributed by atoms with Crippen LogP contribution in [0.25, 0.3) is 0 Å². The van der Waals surface area contributed by atoms with E-state index in [1.54, 1.807) is 0 Å². The van der Waals surface area contributed by atoms with Gasteiger partial charge >= 0.3 is 28.4 Å². The van der Waals surface area contributed by atoms with Gasteiger partial charge in [-0.15, -0.1) is 0 Å². The number of benzene rings is 1. The molecule has 16 nitrogen and oxygen atoms in total. The number of carbonyl (C=O) groups is 4. The fraction of sp³-hybridized carbons (Fsp3) is 0.462. The molecule has 0 bridgehead atoms. The number of carbonyl (C=O) groups excluding carboxylic acids is 3. The highest BCUT2D eigenvalue weighted by Crippen LogP contribution is 2.22. The lowest BCUT2D eigenvalue weighted by Gasteiger charge is -2.33. The van der Waals surface area contributed by atoms with Crippen molar-refractivity contribution in [3.8, 4) is 0 Å². The SMILES string of the molecule is O=C(NS(=O)(=O)N1CCN(C(=O)Nc2nccnc2C(=O)NC2Cc3ccccc3C2)CC1)OC[C@H]1CCCN1C(=O)O. The van der Waals surface area contributed by atoms with E-state index in [1.165, 1.54) is 28.4 Å². The van der Waals surface area contributed by atoms with Gasteiger partial charge in [-0.1, -0.05) is 24.3 Å². The smallest absolute Gasteiger partial charge is 0.421 e. The van der Waals surface area contributed by atoms with Crippen molar-refractivity contribution in [1.82, 2.24) is 34.1 Å². The molecule has 0 spiro atoms. The van der Waals surface area contributed by atoms with Gasteiger partial charge in [-0.2, -0.15) is 12.7 Å². The first-order valence-electron chi connectivity index (χ1n) is 13.8. The number of urea groups is 1. The minimum absolute atomic E-state index is 0.000435. The zero-order valence-corrected chi connectivity index (χ0v) is 24.0. The summed E-state index contributed by atoms with van der Waals surface area (Å²) in [5.74, 6) is -0.498. The molecule has 5 amide bonds. The second-order valence-corrected chi connectivity index (χ2v) is 12.1. The average molecular weight is 617 g/mol. The predicted molar refractivity (Wildman–Crippen MR) is 150 cm³/mol. The topological polar surface area (TPSA) is 203 Å². The molecule has 1 aromatic carbocycles. The summed E-state index contributed by atoms with van der Waals surface area (Å²) in [6.45, 7) is -0.164. The lowest BCUT2D eigenvalue weighted by molar-refractivity contribution is 0.0934. The number of fused-ring (bicyclic) bond motifs is 1. The first-order valence-corrected chi connectivity index (χ1v) is 15.2. The monoisotopic (exact) mass is 616 g/mol. The number of amides is 5. The van der Waals surface area contributed by atoms with Gasteiger partial charge in [0.05, 0.1) is 6.04 Å². The maximum absolute atomic E-state index is 13.0. The Morgan fingerprint density at radius 3 is 2.33 bits per heavy atom. The zero-order valence-electron chi connectivity index (χ0n) is 23.1. The molecule has 3 aliphatic rings. The summed E-state index contributed by atoms with van der Waals surface area (Å²) in [5.41, 5.74) is 2.30. The second-order valence-electron chi connectivity index (χ2n) is 10.4. The van der Waals surface area contributed by atoms with Crippen LogP contribution in [0.3, 0.4) is 0 Å². The number of hydrogen-bond acceptors (Lipinski definition) is 9. The van der Waals surface area contributed by atoms with Crippen LogP contribution in [0.5, 0.6) is 0 Å². The van der Waals surface area contributed by atoms with E-state index in [-0.39, 0.29) is 50.3 Å². The summed E-state index contributed by atoms with van der Waals surface area (Å²) >= 11 is 0. The van der Waals surface area contributed by atoms with Gasteiger partial charge in [-0.3, -0.25) is 10.1 Å². The Kier molecular flexibility index (Phi) is 8.91. The van der Waals surface area contributed by atoms with Crippen LogP contribution in [-0.4, -0.2) is 113 Å². The predicted octanol–water partition coefficient (Wildman–Crippen LogP) is 0.637. The molecule has 0 saturated carbocycles. The van der Waals surface area contributed by atoms with Gasteiger partial charge in [0.25, 0.3) is 5.91 Å². The number of likely N-dealkylation sites (tertiary alicyclic amines) is 1. The number of nitrogens with zero attached hydrogens (tertiary/aromatic N) is 5. The summed E-state index contributed by atoms with van der Waals surface area (Å²) in [7, 11) is -4.27. The Morgan fingerprint density at radius 1 is 0.977 bits per heavy atom. The summed E-state index contributed by atoms with van der Waals surface area (Å²) in [5, 5.41) is 14.7. The van der Waals surface area contributed by atoms with Gasteiger partial charge < -0.3 is 25.0 Å². The molecule has 17 heteroatoms. The molecule has 43 heavy (non-hydrogen) atoms. The molecular weight excluding hydrogens is 584 g/mol. The minimum Gasteiger partial charge on any atom is -0.465 e. The Morgan fingerprint density at radius 2 is 1.65 bits per heavy atom. The zero-order chi connectivity index (χ0) is 30.6. The molecule has 1 atom stereocenters. The van der Waals surface area contributed by atoms with E-state index in [0.717, 1.165) is 9.21 Å². The van der Waals surface area contributed by atoms with Gasteiger partial charge in [-0.25, -0.2) is 29.1 Å². The van der Waals surface area contributed by atoms with E-state index in [4.69, 9.17) is 4.74 Å². The molecule has 2 fully saturated rings. The lowest BCUT2D eigenvalue weighted by Crippen LogP contribution is -2.55. The highest BCUT2D eigenvalue weighted by Gasteiger charge is 2.33. The van der Waals surface area contributed by atoms with E-state index < -0.39 is 40.4 Å². The van der Waals surface area contributed by atoms with Crippen LogP contribution in [0, 0.1) is 0 Å². The van der Waals surface area contributed by atoms with Crippen molar-refractivity contribution in [3.05, 3.63) is 53.5 Å². The molecular formula is C26H32N8O8S. The summed E-state index contributed by atoms with van der Waals surface area (Å²) in [6, 6.07) is 6.72. The fourth-order valence-electron chi connectivity index (χ4n) is 5.45. The quantitative estimate of drug-likeness (QED) is 0.342. The number of carboxylic acid groups (broad SMARTS) is 1. The van der Waals surface area contributed by atoms with Crippen molar-refractivity contribution in [3.63, 3.8) is 0 Å². The Bertz CT molecular complexity index is 1470. The van der Waals surface area contributed by atoms with Crippen LogP contribution in [0.4, 0.5) is 20.2 Å². The molecule has 1 aliphatic carbocycles. The van der Waals surface area contributed by atoms with Crippen molar-refractivity contribution < 1.29 is 37.4 Å². The van der Waals surface area contributed by atoms with E-state index in [2.05, 4.69) is 20.6 Å². The molecule has 2 aromatic rings. The van der Waals surface area contributed by atoms with E-state index >= 15 is 0 Å². The molecule has 0 unspecified atom stereocenters. The van der Waals surface area contributed by atoms with Crippen molar-refractivity contribution in [2.24, 2.45) is 0 Å². The van der Waals surface area contributed by atoms with Gasteiger partial charge in [0, 0.05) is 51.2 Å². The van der Waals surface area contributed by atoms with Crippen molar-refractivity contribution in [2.45, 2.75) is 37.8 Å². The van der Waals surface area contributed by atoms with Crippen LogP contribution in [0.1, 0.15) is 34.5 Å². The number of hydrogen-bond donors (Lipinski definition) is 4. The Hall–Kier alpha value is -4.51. The van der Waals surface area contributed by atoms with Crippen LogP contribution in [0.2, 0.25) is 0 Å². The number of aromatic nitrogens is 2. The fourth-order valence-corrected chi connectivity index (χ4v) is 6.50. The average Bonchev–Trinajstić information content (AvgIpc) is 3.63. The van der Waals surface area contributed by atoms with E-state index in [0.29, 0.717) is 32.2 Å². The maximum atomic E-state index is 13.0. The van der Waals surface area contributed by atoms with Crippen molar-refractivity contribution in [1.29, 1.82) is 0 Å². The maximum Gasteiger partial charge on any atom is 0.421 e. The lowest BCUT2D eigenvalue weighted by atomic mass is 10.1. The molecule has 3 heterocycles. The van der Waals surface area contributed by atoms with Gasteiger partial charge in [0.15, 0.2) is 11.5 Å². The number of piperazine rings is 1. The standard InChI is InChI=1S/C26H32N8O8S/c35-23(29-19-14-17-4-1-2-5-18(17)15-19)21-22(28-8-7-27-21)30-24(36)32-10-12-33(13-11-32)43(40,41)31-25(37)42-16-20-6-3-9-34(20)26(38)39/h1-2,4-5,7-8,19-20H,3,6,9-16H2,(H,29,35)(H,31,37)(H,38,39)(H,28,30,36)/t20-/m1/s1. The highest BCUT2D eigenvalue weighted by atomic mass is 32.2. The third-order valence-corrected chi connectivity index (χ3v) is 9.10.